The van der Waals surface area contributed by atoms with Gasteiger partial charge in [0, 0.05) is 11.7 Å². The molecule has 1 atom stereocenters. The molecule has 1 amide bonds. The average Bonchev–Trinajstić information content (AvgIpc) is 3.49. The van der Waals surface area contributed by atoms with Gasteiger partial charge in [0.25, 0.3) is 0 Å². The van der Waals surface area contributed by atoms with Crippen LogP contribution in [0.3, 0.4) is 0 Å². The van der Waals surface area contributed by atoms with Gasteiger partial charge in [0.15, 0.2) is 5.16 Å². The lowest BCUT2D eigenvalue weighted by Gasteiger charge is -2.17. The van der Waals surface area contributed by atoms with Crippen molar-refractivity contribution < 1.29 is 9.53 Å². The van der Waals surface area contributed by atoms with E-state index >= 15 is 0 Å². The standard InChI is InChI=1S/C20H19ClN4O3S/c1-28-16-10-7-13(11-15(16)21)22-18(26)17(12-5-3-2-4-6-12)29-20-24-23-19(27)25(20)14-8-9-14/h2-7,10-11,14,17H,8-9H2,1H3,(H,22,26)(H,23,27)/t17-/m1/s1. The molecule has 0 saturated heterocycles. The number of hydrogen-bond acceptors (Lipinski definition) is 5. The summed E-state index contributed by atoms with van der Waals surface area (Å²) in [5.41, 5.74) is 1.13. The zero-order chi connectivity index (χ0) is 20.4. The Kier molecular flexibility index (Phi) is 5.64. The van der Waals surface area contributed by atoms with Gasteiger partial charge in [-0.05, 0) is 36.6 Å². The van der Waals surface area contributed by atoms with Crippen LogP contribution in [0.1, 0.15) is 29.7 Å². The Morgan fingerprint density at radius 3 is 2.72 bits per heavy atom. The normalized spacial score (nSPS) is 14.4. The van der Waals surface area contributed by atoms with Crippen LogP contribution in [-0.4, -0.2) is 27.8 Å². The van der Waals surface area contributed by atoms with Crippen molar-refractivity contribution in [2.45, 2.75) is 29.3 Å². The van der Waals surface area contributed by atoms with Crippen LogP contribution in [0.5, 0.6) is 5.75 Å². The lowest BCUT2D eigenvalue weighted by molar-refractivity contribution is -0.115. The minimum Gasteiger partial charge on any atom is -0.495 e. The second-order valence-electron chi connectivity index (χ2n) is 6.66. The van der Waals surface area contributed by atoms with E-state index in [-0.39, 0.29) is 17.6 Å². The molecule has 0 spiro atoms. The van der Waals surface area contributed by atoms with Crippen LogP contribution in [0, 0.1) is 0 Å². The number of benzene rings is 2. The van der Waals surface area contributed by atoms with Crippen LogP contribution in [-0.2, 0) is 4.79 Å². The molecule has 1 aliphatic rings. The van der Waals surface area contributed by atoms with Crippen LogP contribution in [0.25, 0.3) is 0 Å². The van der Waals surface area contributed by atoms with Crippen LogP contribution in [0.15, 0.2) is 58.5 Å². The van der Waals surface area contributed by atoms with Gasteiger partial charge in [0.2, 0.25) is 5.91 Å². The SMILES string of the molecule is COc1ccc(NC(=O)[C@H](Sc2n[nH]c(=O)n2C2CC2)c2ccccc2)cc1Cl. The Hall–Kier alpha value is -2.71. The number of hydrogen-bond donors (Lipinski definition) is 2. The second-order valence-corrected chi connectivity index (χ2v) is 8.14. The molecule has 3 aromatic rings. The van der Waals surface area contributed by atoms with Crippen molar-refractivity contribution in [1.82, 2.24) is 14.8 Å². The third-order valence-corrected chi connectivity index (χ3v) is 6.08. The number of thioether (sulfide) groups is 1. The van der Waals surface area contributed by atoms with Gasteiger partial charge in [-0.3, -0.25) is 9.36 Å². The highest BCUT2D eigenvalue weighted by molar-refractivity contribution is 8.00. The quantitative estimate of drug-likeness (QED) is 0.552. The molecule has 0 unspecified atom stereocenters. The third-order valence-electron chi connectivity index (χ3n) is 4.57. The number of ether oxygens (including phenoxy) is 1. The lowest BCUT2D eigenvalue weighted by Crippen LogP contribution is -2.21. The molecule has 1 aromatic heterocycles. The molecule has 7 nitrogen and oxygen atoms in total. The summed E-state index contributed by atoms with van der Waals surface area (Å²) < 4.78 is 6.79. The first kappa shape index (κ1) is 19.6. The topological polar surface area (TPSA) is 89.0 Å². The summed E-state index contributed by atoms with van der Waals surface area (Å²) >= 11 is 7.42. The molecule has 1 saturated carbocycles. The smallest absolute Gasteiger partial charge is 0.344 e. The van der Waals surface area contributed by atoms with E-state index in [1.807, 2.05) is 30.3 Å². The number of rotatable bonds is 7. The molecule has 1 heterocycles. The van der Waals surface area contributed by atoms with E-state index in [0.717, 1.165) is 18.4 Å². The van der Waals surface area contributed by atoms with Gasteiger partial charge < -0.3 is 10.1 Å². The minimum atomic E-state index is -0.593. The molecule has 4 rings (SSSR count). The maximum atomic E-state index is 13.2. The number of amides is 1. The minimum absolute atomic E-state index is 0.156. The van der Waals surface area contributed by atoms with Crippen molar-refractivity contribution in [1.29, 1.82) is 0 Å². The molecular weight excluding hydrogens is 412 g/mol. The number of aromatic nitrogens is 3. The summed E-state index contributed by atoms with van der Waals surface area (Å²) in [5, 5.41) is 9.86. The number of anilines is 1. The fraction of sp³-hybridized carbons (Fsp3) is 0.250. The Labute approximate surface area is 176 Å². The average molecular weight is 431 g/mol. The third kappa shape index (κ3) is 4.33. The summed E-state index contributed by atoms with van der Waals surface area (Å²) in [4.78, 5) is 25.3. The Morgan fingerprint density at radius 1 is 1.31 bits per heavy atom. The molecule has 1 fully saturated rings. The van der Waals surface area contributed by atoms with E-state index in [2.05, 4.69) is 15.5 Å². The molecule has 0 radical (unpaired) electrons. The lowest BCUT2D eigenvalue weighted by atomic mass is 10.1. The molecule has 2 N–H and O–H groups in total. The highest BCUT2D eigenvalue weighted by Gasteiger charge is 2.31. The van der Waals surface area contributed by atoms with Crippen molar-refractivity contribution in [2.75, 3.05) is 12.4 Å². The number of nitrogens with one attached hydrogen (secondary N) is 2. The summed E-state index contributed by atoms with van der Waals surface area (Å²) in [6.07, 6.45) is 1.89. The number of carbonyl (C=O) groups excluding carboxylic acids is 1. The molecular formula is C20H19ClN4O3S. The maximum Gasteiger partial charge on any atom is 0.344 e. The van der Waals surface area contributed by atoms with Gasteiger partial charge in [-0.1, -0.05) is 53.7 Å². The Bertz CT molecular complexity index is 1080. The number of carbonyl (C=O) groups is 1. The van der Waals surface area contributed by atoms with Gasteiger partial charge in [-0.25, -0.2) is 9.89 Å². The zero-order valence-corrected chi connectivity index (χ0v) is 17.2. The van der Waals surface area contributed by atoms with Crippen LogP contribution < -0.4 is 15.7 Å². The Morgan fingerprint density at radius 2 is 2.07 bits per heavy atom. The summed E-state index contributed by atoms with van der Waals surface area (Å²) in [6, 6.07) is 14.6. The monoisotopic (exact) mass is 430 g/mol. The van der Waals surface area contributed by atoms with Gasteiger partial charge in [-0.15, -0.1) is 5.10 Å². The van der Waals surface area contributed by atoms with E-state index in [9.17, 15) is 9.59 Å². The van der Waals surface area contributed by atoms with Crippen LogP contribution >= 0.6 is 23.4 Å². The molecule has 9 heteroatoms. The van der Waals surface area contributed by atoms with Crippen LogP contribution in [0.2, 0.25) is 5.02 Å². The zero-order valence-electron chi connectivity index (χ0n) is 15.6. The molecule has 0 aliphatic heterocycles. The second kappa shape index (κ2) is 8.34. The van der Waals surface area contributed by atoms with E-state index in [1.54, 1.807) is 22.8 Å². The summed E-state index contributed by atoms with van der Waals surface area (Å²) in [5.74, 6) is 0.295. The van der Waals surface area contributed by atoms with E-state index < -0.39 is 5.25 Å². The van der Waals surface area contributed by atoms with Gasteiger partial charge in [-0.2, -0.15) is 0 Å². The van der Waals surface area contributed by atoms with Crippen molar-refractivity contribution in [3.63, 3.8) is 0 Å². The fourth-order valence-electron chi connectivity index (χ4n) is 2.99. The highest BCUT2D eigenvalue weighted by Crippen LogP contribution is 2.40. The van der Waals surface area contributed by atoms with Crippen molar-refractivity contribution in [2.24, 2.45) is 0 Å². The molecule has 29 heavy (non-hydrogen) atoms. The number of nitrogens with zero attached hydrogens (tertiary/aromatic N) is 2. The number of methoxy groups -OCH3 is 1. The molecule has 2 aromatic carbocycles. The number of aromatic amines is 1. The van der Waals surface area contributed by atoms with Gasteiger partial charge >= 0.3 is 5.69 Å². The Balaban J connectivity index is 1.62. The fourth-order valence-corrected chi connectivity index (χ4v) is 4.36. The van der Waals surface area contributed by atoms with E-state index in [4.69, 9.17) is 16.3 Å². The first-order valence-electron chi connectivity index (χ1n) is 9.09. The number of H-pyrrole nitrogens is 1. The summed E-state index contributed by atoms with van der Waals surface area (Å²) in [6.45, 7) is 0. The van der Waals surface area contributed by atoms with Crippen molar-refractivity contribution in [3.05, 3.63) is 69.6 Å². The van der Waals surface area contributed by atoms with Gasteiger partial charge in [0.1, 0.15) is 11.0 Å². The van der Waals surface area contributed by atoms with Crippen molar-refractivity contribution in [3.8, 4) is 5.75 Å². The number of halogens is 1. The highest BCUT2D eigenvalue weighted by atomic mass is 35.5. The van der Waals surface area contributed by atoms with Crippen LogP contribution in [0.4, 0.5) is 5.69 Å². The van der Waals surface area contributed by atoms with E-state index in [1.165, 1.54) is 18.9 Å². The first-order chi connectivity index (χ1) is 14.1. The predicted molar refractivity (Wildman–Crippen MR) is 113 cm³/mol. The van der Waals surface area contributed by atoms with Crippen molar-refractivity contribution >= 4 is 35.0 Å². The molecule has 1 aliphatic carbocycles. The molecule has 0 bridgehead atoms. The first-order valence-corrected chi connectivity index (χ1v) is 10.4. The maximum absolute atomic E-state index is 13.2. The predicted octanol–water partition coefficient (Wildman–Crippen LogP) is 4.04. The molecule has 150 valence electrons. The largest absolute Gasteiger partial charge is 0.495 e. The van der Waals surface area contributed by atoms with E-state index in [0.29, 0.717) is 21.6 Å². The summed E-state index contributed by atoms with van der Waals surface area (Å²) in [7, 11) is 1.53. The van der Waals surface area contributed by atoms with Gasteiger partial charge in [0.05, 0.1) is 12.1 Å².